The molecule has 8 nitrogen and oxygen atoms in total. The number of phenolic OH excluding ortho intramolecular Hbond substituents is 1. The zero-order valence-electron chi connectivity index (χ0n) is 21.6. The van der Waals surface area contributed by atoms with Gasteiger partial charge in [0.25, 0.3) is 0 Å². The van der Waals surface area contributed by atoms with Crippen molar-refractivity contribution < 1.29 is 14.2 Å². The first kappa shape index (κ1) is 24.0. The van der Waals surface area contributed by atoms with Crippen LogP contribution in [-0.4, -0.2) is 55.9 Å². The molecule has 4 atom stereocenters. The molecule has 1 N–H and O–H groups in total. The van der Waals surface area contributed by atoms with Crippen LogP contribution in [0, 0.1) is 10.8 Å². The Hall–Kier alpha value is -3.36. The van der Waals surface area contributed by atoms with Gasteiger partial charge in [0.15, 0.2) is 11.6 Å². The van der Waals surface area contributed by atoms with Crippen LogP contribution in [0.15, 0.2) is 36.7 Å². The van der Waals surface area contributed by atoms with E-state index >= 15 is 4.39 Å². The molecule has 3 saturated carbocycles. The second kappa shape index (κ2) is 8.89. The molecule has 2 aromatic heterocycles. The highest BCUT2D eigenvalue weighted by atomic mass is 19.1. The summed E-state index contributed by atoms with van der Waals surface area (Å²) < 4.78 is 21.2. The lowest BCUT2D eigenvalue weighted by atomic mass is 9.54. The number of methoxy groups -OCH3 is 1. The lowest BCUT2D eigenvalue weighted by molar-refractivity contribution is -0.0554. The van der Waals surface area contributed by atoms with E-state index in [1.165, 1.54) is 7.11 Å². The molecule has 0 spiro atoms. The van der Waals surface area contributed by atoms with Gasteiger partial charge in [-0.2, -0.15) is 5.10 Å². The van der Waals surface area contributed by atoms with Crippen LogP contribution in [0.1, 0.15) is 58.8 Å². The Morgan fingerprint density at radius 1 is 1.05 bits per heavy atom. The number of benzene rings is 1. The van der Waals surface area contributed by atoms with E-state index in [4.69, 9.17) is 4.74 Å². The molecule has 37 heavy (non-hydrogen) atoms. The zero-order chi connectivity index (χ0) is 25.8. The summed E-state index contributed by atoms with van der Waals surface area (Å²) in [6.07, 6.45) is 9.46. The molecule has 3 aliphatic rings. The highest BCUT2D eigenvalue weighted by molar-refractivity contribution is 5.72. The van der Waals surface area contributed by atoms with Gasteiger partial charge < -0.3 is 14.7 Å². The predicted octanol–water partition coefficient (Wildman–Crippen LogP) is 5.38. The van der Waals surface area contributed by atoms with Crippen molar-refractivity contribution >= 4 is 5.82 Å². The van der Waals surface area contributed by atoms with E-state index < -0.39 is 6.17 Å². The van der Waals surface area contributed by atoms with Crippen molar-refractivity contribution in [2.24, 2.45) is 10.8 Å². The monoisotopic (exact) mass is 504 g/mol. The summed E-state index contributed by atoms with van der Waals surface area (Å²) in [5, 5.41) is 27.5. The molecule has 3 fully saturated rings. The number of aromatic nitrogens is 5. The number of ether oxygens (including phenoxy) is 1. The number of fused-ring (bicyclic) bond motifs is 2. The number of alkyl halides is 1. The van der Waals surface area contributed by atoms with Crippen LogP contribution in [-0.2, 0) is 0 Å². The van der Waals surface area contributed by atoms with Gasteiger partial charge in [0.05, 0.1) is 31.1 Å². The smallest absolute Gasteiger partial charge is 0.233 e. The Kier molecular flexibility index (Phi) is 5.76. The van der Waals surface area contributed by atoms with Gasteiger partial charge >= 0.3 is 0 Å². The van der Waals surface area contributed by atoms with Gasteiger partial charge in [-0.25, -0.2) is 9.37 Å². The summed E-state index contributed by atoms with van der Waals surface area (Å²) in [4.78, 5) is 6.73. The number of hydrogen-bond acceptors (Lipinski definition) is 8. The number of halogens is 1. The fourth-order valence-corrected chi connectivity index (χ4v) is 6.79. The molecule has 3 aromatic rings. The highest BCUT2D eigenvalue weighted by Crippen LogP contribution is 2.58. The van der Waals surface area contributed by atoms with Gasteiger partial charge in [-0.1, -0.05) is 26.3 Å². The molecule has 2 bridgehead atoms. The summed E-state index contributed by atoms with van der Waals surface area (Å²) in [6, 6.07) is 7.07. The largest absolute Gasteiger partial charge is 0.507 e. The van der Waals surface area contributed by atoms with Gasteiger partial charge in [-0.05, 0) is 61.6 Å². The summed E-state index contributed by atoms with van der Waals surface area (Å²) >= 11 is 0. The Balaban J connectivity index is 1.27. The van der Waals surface area contributed by atoms with E-state index in [1.807, 2.05) is 6.07 Å². The molecule has 9 heteroatoms. The first-order chi connectivity index (χ1) is 17.8. The van der Waals surface area contributed by atoms with E-state index in [0.29, 0.717) is 23.1 Å². The first-order valence-corrected chi connectivity index (χ1v) is 13.1. The average Bonchev–Trinajstić information content (AvgIpc) is 3.73. The lowest BCUT2D eigenvalue weighted by Crippen LogP contribution is -2.58. The molecular formula is C28H33FN6O2. The fraction of sp³-hybridized carbons (Fsp3) is 0.536. The van der Waals surface area contributed by atoms with Gasteiger partial charge in [0, 0.05) is 23.1 Å². The normalized spacial score (nSPS) is 29.1. The third-order valence-electron chi connectivity index (χ3n) is 8.59. The van der Waals surface area contributed by atoms with Crippen LogP contribution >= 0.6 is 0 Å². The Bertz CT molecular complexity index is 1300. The maximum atomic E-state index is 16.1. The summed E-state index contributed by atoms with van der Waals surface area (Å²) in [6.45, 7) is 4.45. The molecule has 0 unspecified atom stereocenters. The van der Waals surface area contributed by atoms with E-state index in [1.54, 1.807) is 30.6 Å². The van der Waals surface area contributed by atoms with Gasteiger partial charge in [0.1, 0.15) is 11.9 Å². The van der Waals surface area contributed by atoms with E-state index in [2.05, 4.69) is 44.1 Å². The van der Waals surface area contributed by atoms with Gasteiger partial charge in [-0.3, -0.25) is 0 Å². The van der Waals surface area contributed by atoms with Crippen LogP contribution < -0.4 is 9.64 Å². The molecule has 0 saturated heterocycles. The Morgan fingerprint density at radius 3 is 2.59 bits per heavy atom. The molecular weight excluding hydrogens is 471 g/mol. The van der Waals surface area contributed by atoms with Crippen molar-refractivity contribution in [3.63, 3.8) is 0 Å². The molecule has 6 rings (SSSR count). The maximum absolute atomic E-state index is 16.1. The summed E-state index contributed by atoms with van der Waals surface area (Å²) in [7, 11) is 1.53. The molecule has 2 heterocycles. The number of rotatable bonds is 6. The Labute approximate surface area is 216 Å². The average molecular weight is 505 g/mol. The molecule has 3 aliphatic carbocycles. The molecule has 0 radical (unpaired) electrons. The number of phenols is 1. The first-order valence-electron chi connectivity index (χ1n) is 13.1. The zero-order valence-corrected chi connectivity index (χ0v) is 21.6. The molecule has 1 aromatic carbocycles. The topological polar surface area (TPSA) is 97.2 Å². The third kappa shape index (κ3) is 4.38. The predicted molar refractivity (Wildman–Crippen MR) is 138 cm³/mol. The van der Waals surface area contributed by atoms with E-state index in [9.17, 15) is 5.11 Å². The van der Waals surface area contributed by atoms with Crippen LogP contribution in [0.3, 0.4) is 0 Å². The number of nitrogens with zero attached hydrogens (tertiary/aromatic N) is 6. The maximum Gasteiger partial charge on any atom is 0.233 e. The van der Waals surface area contributed by atoms with E-state index in [0.717, 1.165) is 56.1 Å². The quantitative estimate of drug-likeness (QED) is 0.478. The second-order valence-corrected chi connectivity index (χ2v) is 11.7. The lowest BCUT2D eigenvalue weighted by Gasteiger charge is -2.56. The number of aromatic hydroxyl groups is 1. The van der Waals surface area contributed by atoms with Crippen LogP contribution in [0.5, 0.6) is 11.6 Å². The van der Waals surface area contributed by atoms with E-state index in [-0.39, 0.29) is 28.7 Å². The van der Waals surface area contributed by atoms with Crippen LogP contribution in [0.2, 0.25) is 0 Å². The highest BCUT2D eigenvalue weighted by Gasteiger charge is 2.56. The third-order valence-corrected chi connectivity index (χ3v) is 8.59. The summed E-state index contributed by atoms with van der Waals surface area (Å²) in [5.74, 6) is 1.37. The van der Waals surface area contributed by atoms with Crippen molar-refractivity contribution in [3.05, 3.63) is 36.7 Å². The van der Waals surface area contributed by atoms with Crippen molar-refractivity contribution in [1.82, 2.24) is 25.4 Å². The van der Waals surface area contributed by atoms with Crippen molar-refractivity contribution in [1.29, 1.82) is 0 Å². The SMILES string of the molecule is COc1cc(-c2ccc(-c3ncc(N(C4CC4)[C@@H]4C[C@@]5(C)CCC[C@](C)(C5)[C@@H]4F)nn3)c(O)c2)cnn1. The summed E-state index contributed by atoms with van der Waals surface area (Å²) in [5.41, 5.74) is 1.88. The second-order valence-electron chi connectivity index (χ2n) is 11.7. The molecule has 0 aliphatic heterocycles. The molecule has 194 valence electrons. The van der Waals surface area contributed by atoms with Gasteiger partial charge in [0.2, 0.25) is 5.88 Å². The minimum atomic E-state index is -0.902. The van der Waals surface area contributed by atoms with Crippen molar-refractivity contribution in [2.45, 2.75) is 77.0 Å². The van der Waals surface area contributed by atoms with Crippen molar-refractivity contribution in [3.8, 4) is 34.1 Å². The Morgan fingerprint density at radius 2 is 1.89 bits per heavy atom. The van der Waals surface area contributed by atoms with Crippen LogP contribution in [0.25, 0.3) is 22.5 Å². The van der Waals surface area contributed by atoms with Crippen molar-refractivity contribution in [2.75, 3.05) is 12.0 Å². The minimum Gasteiger partial charge on any atom is -0.507 e. The van der Waals surface area contributed by atoms with Crippen LogP contribution in [0.4, 0.5) is 10.2 Å². The number of hydrogen-bond donors (Lipinski definition) is 1. The fourth-order valence-electron chi connectivity index (χ4n) is 6.79. The number of anilines is 1. The molecule has 0 amide bonds. The minimum absolute atomic E-state index is 0.0339. The van der Waals surface area contributed by atoms with Gasteiger partial charge in [-0.15, -0.1) is 15.3 Å². The standard InChI is InChI=1S/C28H33FN6O2/c1-27-9-4-10-28(2,16-27)25(29)21(13-27)35(19-6-7-19)23-15-30-26(34-32-23)20-8-5-17(11-22(20)36)18-12-24(37-3)33-31-14-18/h5,8,11-12,14-15,19,21,25,36H,4,6-7,9-10,13,16H2,1-3H3/t21-,25-,27-,28-/m1/s1.